The van der Waals surface area contributed by atoms with Gasteiger partial charge in [-0.25, -0.2) is 4.79 Å². The Bertz CT molecular complexity index is 406. The van der Waals surface area contributed by atoms with Crippen LogP contribution in [0.25, 0.3) is 0 Å². The first-order valence-electron chi connectivity index (χ1n) is 5.78. The van der Waals surface area contributed by atoms with Gasteiger partial charge in [0, 0.05) is 13.1 Å². The Balaban J connectivity index is 2.82. The number of nitrogens with one attached hydrogen (secondary N) is 1. The Morgan fingerprint density at radius 3 is 2.83 bits per heavy atom. The highest BCUT2D eigenvalue weighted by Gasteiger charge is 2.13. The number of aliphatic hydroxyl groups is 2. The number of hydrogen-bond acceptors (Lipinski definition) is 5. The predicted molar refractivity (Wildman–Crippen MR) is 67.4 cm³/mol. The van der Waals surface area contributed by atoms with E-state index in [2.05, 4.69) is 10.1 Å². The molecular formula is C13H19NO4. The van der Waals surface area contributed by atoms with Crippen LogP contribution in [-0.4, -0.2) is 43.0 Å². The Hall–Kier alpha value is -1.43. The second kappa shape index (κ2) is 7.10. The number of esters is 1. The van der Waals surface area contributed by atoms with E-state index in [0.717, 1.165) is 5.56 Å². The molecule has 1 aromatic carbocycles. The molecule has 100 valence electrons. The summed E-state index contributed by atoms with van der Waals surface area (Å²) in [6.07, 6.45) is -0.721. The number of rotatable bonds is 6. The summed E-state index contributed by atoms with van der Waals surface area (Å²) >= 11 is 0. The molecule has 0 saturated heterocycles. The topological polar surface area (TPSA) is 78.8 Å². The highest BCUT2D eigenvalue weighted by molar-refractivity contribution is 5.89. The van der Waals surface area contributed by atoms with E-state index in [1.54, 1.807) is 18.2 Å². The minimum absolute atomic E-state index is 0.0217. The van der Waals surface area contributed by atoms with Crippen molar-refractivity contribution in [2.24, 2.45) is 0 Å². The number of aryl methyl sites for hydroxylation is 1. The number of aliphatic hydroxyl groups excluding tert-OH is 2. The van der Waals surface area contributed by atoms with Gasteiger partial charge in [0.2, 0.25) is 0 Å². The van der Waals surface area contributed by atoms with Crippen molar-refractivity contribution >= 4 is 5.97 Å². The number of carbonyl (C=O) groups is 1. The fourth-order valence-corrected chi connectivity index (χ4v) is 1.67. The minimum Gasteiger partial charge on any atom is -0.465 e. The van der Waals surface area contributed by atoms with Gasteiger partial charge in [-0.1, -0.05) is 6.07 Å². The number of ether oxygens (including phenoxy) is 1. The van der Waals surface area contributed by atoms with E-state index in [1.165, 1.54) is 7.11 Å². The molecule has 3 N–H and O–H groups in total. The van der Waals surface area contributed by atoms with Crippen molar-refractivity contribution in [3.63, 3.8) is 0 Å². The van der Waals surface area contributed by atoms with Crippen LogP contribution in [0.2, 0.25) is 0 Å². The van der Waals surface area contributed by atoms with Crippen LogP contribution >= 0.6 is 0 Å². The third-order valence-electron chi connectivity index (χ3n) is 2.69. The highest BCUT2D eigenvalue weighted by Crippen LogP contribution is 2.19. The predicted octanol–water partition coefficient (Wildman–Crippen LogP) is 0.397. The van der Waals surface area contributed by atoms with E-state index in [4.69, 9.17) is 5.11 Å². The van der Waals surface area contributed by atoms with E-state index >= 15 is 0 Å². The summed E-state index contributed by atoms with van der Waals surface area (Å²) in [5, 5.41) is 21.6. The summed E-state index contributed by atoms with van der Waals surface area (Å²) in [5.74, 6) is -0.424. The van der Waals surface area contributed by atoms with Gasteiger partial charge in [-0.2, -0.15) is 0 Å². The maximum absolute atomic E-state index is 11.4. The van der Waals surface area contributed by atoms with Crippen molar-refractivity contribution in [1.29, 1.82) is 0 Å². The molecule has 0 saturated carbocycles. The summed E-state index contributed by atoms with van der Waals surface area (Å²) in [4.78, 5) is 11.4. The van der Waals surface area contributed by atoms with Crippen LogP contribution in [-0.2, 0) is 4.74 Å². The Labute approximate surface area is 106 Å². The molecule has 0 amide bonds. The molecule has 0 aromatic heterocycles. The summed E-state index contributed by atoms with van der Waals surface area (Å²) in [7, 11) is 1.32. The molecule has 1 rings (SSSR count). The van der Waals surface area contributed by atoms with Gasteiger partial charge in [-0.3, -0.25) is 0 Å². The zero-order valence-electron chi connectivity index (χ0n) is 10.6. The van der Waals surface area contributed by atoms with Gasteiger partial charge >= 0.3 is 5.97 Å². The lowest BCUT2D eigenvalue weighted by atomic mass is 10.0. The molecule has 0 heterocycles. The second-order valence-corrected chi connectivity index (χ2v) is 4.01. The van der Waals surface area contributed by atoms with E-state index in [1.807, 2.05) is 6.92 Å². The number of carbonyl (C=O) groups excluding carboxylic acids is 1. The average molecular weight is 253 g/mol. The normalized spacial score (nSPS) is 12.2. The summed E-state index contributed by atoms with van der Waals surface area (Å²) in [6.45, 7) is 2.64. The van der Waals surface area contributed by atoms with Gasteiger partial charge < -0.3 is 20.3 Å². The Morgan fingerprint density at radius 2 is 2.22 bits per heavy atom. The molecule has 0 spiro atoms. The number of hydrogen-bond donors (Lipinski definition) is 3. The Kier molecular flexibility index (Phi) is 5.77. The van der Waals surface area contributed by atoms with Crippen molar-refractivity contribution in [3.05, 3.63) is 34.9 Å². The molecule has 18 heavy (non-hydrogen) atoms. The van der Waals surface area contributed by atoms with Gasteiger partial charge in [0.1, 0.15) is 0 Å². The van der Waals surface area contributed by atoms with E-state index in [9.17, 15) is 9.90 Å². The smallest absolute Gasteiger partial charge is 0.337 e. The van der Waals surface area contributed by atoms with Crippen LogP contribution in [0, 0.1) is 6.92 Å². The highest BCUT2D eigenvalue weighted by atomic mass is 16.5. The molecule has 0 aliphatic carbocycles. The lowest BCUT2D eigenvalue weighted by molar-refractivity contribution is 0.0600. The average Bonchev–Trinajstić information content (AvgIpc) is 2.38. The molecule has 1 atom stereocenters. The van der Waals surface area contributed by atoms with Gasteiger partial charge in [0.25, 0.3) is 0 Å². The molecule has 5 heteroatoms. The lowest BCUT2D eigenvalue weighted by Crippen LogP contribution is -2.25. The standard InChI is InChI=1S/C13H19NO4/c1-9-3-4-10(13(17)18-2)7-11(9)12(16)8-14-5-6-15/h3-4,7,12,14-16H,5-6,8H2,1-2H3. The molecule has 0 radical (unpaired) electrons. The summed E-state index contributed by atoms with van der Waals surface area (Å²) < 4.78 is 4.64. The SMILES string of the molecule is COC(=O)c1ccc(C)c(C(O)CNCCO)c1. The molecule has 0 fully saturated rings. The van der Waals surface area contributed by atoms with Crippen molar-refractivity contribution in [3.8, 4) is 0 Å². The molecule has 0 aliphatic heterocycles. The summed E-state index contributed by atoms with van der Waals surface area (Å²) in [6, 6.07) is 5.07. The van der Waals surface area contributed by atoms with Gasteiger partial charge in [-0.05, 0) is 30.2 Å². The molecule has 5 nitrogen and oxygen atoms in total. The van der Waals surface area contributed by atoms with Crippen LogP contribution in [0.4, 0.5) is 0 Å². The monoisotopic (exact) mass is 253 g/mol. The van der Waals surface area contributed by atoms with Crippen LogP contribution < -0.4 is 5.32 Å². The second-order valence-electron chi connectivity index (χ2n) is 4.01. The minimum atomic E-state index is -0.721. The third kappa shape index (κ3) is 3.80. The molecule has 1 aromatic rings. The van der Waals surface area contributed by atoms with E-state index < -0.39 is 12.1 Å². The van der Waals surface area contributed by atoms with E-state index in [0.29, 0.717) is 24.2 Å². The lowest BCUT2D eigenvalue weighted by Gasteiger charge is -2.15. The largest absolute Gasteiger partial charge is 0.465 e. The fraction of sp³-hybridized carbons (Fsp3) is 0.462. The van der Waals surface area contributed by atoms with Crippen molar-refractivity contribution < 1.29 is 19.7 Å². The molecule has 1 unspecified atom stereocenters. The van der Waals surface area contributed by atoms with Crippen LogP contribution in [0.15, 0.2) is 18.2 Å². The third-order valence-corrected chi connectivity index (χ3v) is 2.69. The molecular weight excluding hydrogens is 234 g/mol. The number of methoxy groups -OCH3 is 1. The maximum Gasteiger partial charge on any atom is 0.337 e. The summed E-state index contributed by atoms with van der Waals surface area (Å²) in [5.41, 5.74) is 2.00. The van der Waals surface area contributed by atoms with Crippen molar-refractivity contribution in [1.82, 2.24) is 5.32 Å². The van der Waals surface area contributed by atoms with Gasteiger partial charge in [0.15, 0.2) is 0 Å². The van der Waals surface area contributed by atoms with E-state index in [-0.39, 0.29) is 6.61 Å². The first-order valence-corrected chi connectivity index (χ1v) is 5.78. The van der Waals surface area contributed by atoms with Gasteiger partial charge in [0.05, 0.1) is 25.4 Å². The maximum atomic E-state index is 11.4. The quantitative estimate of drug-likeness (QED) is 0.505. The molecule has 0 bridgehead atoms. The first kappa shape index (κ1) is 14.6. The molecule has 0 aliphatic rings. The zero-order chi connectivity index (χ0) is 13.5. The Morgan fingerprint density at radius 1 is 1.50 bits per heavy atom. The number of benzene rings is 1. The zero-order valence-corrected chi connectivity index (χ0v) is 10.6. The van der Waals surface area contributed by atoms with Gasteiger partial charge in [-0.15, -0.1) is 0 Å². The van der Waals surface area contributed by atoms with Crippen LogP contribution in [0.3, 0.4) is 0 Å². The first-order chi connectivity index (χ1) is 8.60. The van der Waals surface area contributed by atoms with Crippen LogP contribution in [0.5, 0.6) is 0 Å². The van der Waals surface area contributed by atoms with Crippen molar-refractivity contribution in [2.75, 3.05) is 26.8 Å². The van der Waals surface area contributed by atoms with Crippen LogP contribution in [0.1, 0.15) is 27.6 Å². The fourth-order valence-electron chi connectivity index (χ4n) is 1.67. The van der Waals surface area contributed by atoms with Crippen molar-refractivity contribution in [2.45, 2.75) is 13.0 Å².